The van der Waals surface area contributed by atoms with Gasteiger partial charge in [0.15, 0.2) is 0 Å². The lowest BCUT2D eigenvalue weighted by Crippen LogP contribution is -2.26. The molecular formula is C20H21N3O. The molecule has 1 aliphatic heterocycles. The maximum atomic E-state index is 12.3. The Bertz CT molecular complexity index is 864. The monoisotopic (exact) mass is 319 g/mol. The molecule has 3 aromatic rings. The molecule has 4 heteroatoms. The average molecular weight is 319 g/mol. The third-order valence-electron chi connectivity index (χ3n) is 4.63. The van der Waals surface area contributed by atoms with Gasteiger partial charge in [-0.25, -0.2) is 0 Å². The molecule has 4 rings (SSSR count). The highest BCUT2D eigenvalue weighted by atomic mass is 16.1. The van der Waals surface area contributed by atoms with Gasteiger partial charge in [0.1, 0.15) is 0 Å². The fraction of sp³-hybridized carbons (Fsp3) is 0.250. The summed E-state index contributed by atoms with van der Waals surface area (Å²) in [6, 6.07) is 16.4. The molecule has 1 amide bonds. The molecule has 24 heavy (non-hydrogen) atoms. The summed E-state index contributed by atoms with van der Waals surface area (Å²) >= 11 is 0. The number of anilines is 1. The van der Waals surface area contributed by atoms with Crippen molar-refractivity contribution in [2.75, 3.05) is 18.9 Å². The van der Waals surface area contributed by atoms with Crippen LogP contribution in [0.15, 0.2) is 48.5 Å². The van der Waals surface area contributed by atoms with Crippen LogP contribution in [0.4, 0.5) is 5.69 Å². The Morgan fingerprint density at radius 3 is 2.92 bits per heavy atom. The van der Waals surface area contributed by atoms with Gasteiger partial charge in [0, 0.05) is 30.0 Å². The van der Waals surface area contributed by atoms with Crippen LogP contribution in [-0.4, -0.2) is 29.4 Å². The third kappa shape index (κ3) is 3.05. The van der Waals surface area contributed by atoms with E-state index in [1.165, 1.54) is 11.1 Å². The van der Waals surface area contributed by atoms with Crippen LogP contribution in [-0.2, 0) is 24.2 Å². The zero-order valence-corrected chi connectivity index (χ0v) is 13.8. The molecule has 2 aromatic carbocycles. The van der Waals surface area contributed by atoms with Crippen molar-refractivity contribution in [3.05, 3.63) is 65.4 Å². The van der Waals surface area contributed by atoms with Crippen molar-refractivity contribution in [3.8, 4) is 0 Å². The Labute approximate surface area is 141 Å². The number of amides is 1. The predicted molar refractivity (Wildman–Crippen MR) is 97.1 cm³/mol. The number of carbonyl (C=O) groups excluding carboxylic acids is 1. The Hall–Kier alpha value is -2.59. The average Bonchev–Trinajstić information content (AvgIpc) is 2.96. The van der Waals surface area contributed by atoms with Gasteiger partial charge in [0.05, 0.1) is 6.42 Å². The smallest absolute Gasteiger partial charge is 0.230 e. The number of benzene rings is 2. The van der Waals surface area contributed by atoms with E-state index < -0.39 is 0 Å². The van der Waals surface area contributed by atoms with Crippen LogP contribution in [0.25, 0.3) is 10.9 Å². The maximum absolute atomic E-state index is 12.3. The summed E-state index contributed by atoms with van der Waals surface area (Å²) in [4.78, 5) is 18.0. The first kappa shape index (κ1) is 15.0. The first-order chi connectivity index (χ1) is 11.7. The third-order valence-corrected chi connectivity index (χ3v) is 4.63. The number of rotatable bonds is 3. The van der Waals surface area contributed by atoms with Crippen molar-refractivity contribution in [2.45, 2.75) is 19.4 Å². The molecule has 2 N–H and O–H groups in total. The number of hydrogen-bond acceptors (Lipinski definition) is 2. The predicted octanol–water partition coefficient (Wildman–Crippen LogP) is 3.34. The van der Waals surface area contributed by atoms with E-state index in [0.717, 1.165) is 41.8 Å². The number of nitrogens with zero attached hydrogens (tertiary/aromatic N) is 1. The largest absolute Gasteiger partial charge is 0.358 e. The number of likely N-dealkylation sites (N-methyl/N-ethyl adjacent to an activating group) is 1. The highest BCUT2D eigenvalue weighted by Gasteiger charge is 2.14. The summed E-state index contributed by atoms with van der Waals surface area (Å²) in [5.74, 6) is 0.00525. The fourth-order valence-electron chi connectivity index (χ4n) is 3.38. The van der Waals surface area contributed by atoms with Crippen molar-refractivity contribution in [1.29, 1.82) is 0 Å². The number of hydrogen-bond donors (Lipinski definition) is 2. The van der Waals surface area contributed by atoms with Crippen LogP contribution in [0.5, 0.6) is 0 Å². The molecular weight excluding hydrogens is 298 g/mol. The molecule has 4 nitrogen and oxygen atoms in total. The van der Waals surface area contributed by atoms with Gasteiger partial charge >= 0.3 is 0 Å². The van der Waals surface area contributed by atoms with Crippen LogP contribution in [0.1, 0.15) is 16.8 Å². The number of H-pyrrole nitrogens is 1. The van der Waals surface area contributed by atoms with Gasteiger partial charge in [0.2, 0.25) is 5.91 Å². The Morgan fingerprint density at radius 2 is 2.04 bits per heavy atom. The van der Waals surface area contributed by atoms with Gasteiger partial charge in [-0.1, -0.05) is 24.3 Å². The Balaban J connectivity index is 1.47. The molecule has 0 saturated heterocycles. The lowest BCUT2D eigenvalue weighted by atomic mass is 9.99. The van der Waals surface area contributed by atoms with Crippen molar-refractivity contribution >= 4 is 22.5 Å². The van der Waals surface area contributed by atoms with Gasteiger partial charge in [0.25, 0.3) is 0 Å². The molecule has 0 atom stereocenters. The Kier molecular flexibility index (Phi) is 3.82. The summed E-state index contributed by atoms with van der Waals surface area (Å²) in [5, 5.41) is 4.16. The second-order valence-electron chi connectivity index (χ2n) is 6.58. The van der Waals surface area contributed by atoms with E-state index in [0.29, 0.717) is 6.42 Å². The maximum Gasteiger partial charge on any atom is 0.230 e. The normalized spacial score (nSPS) is 14.5. The molecule has 2 heterocycles. The second kappa shape index (κ2) is 6.13. The highest BCUT2D eigenvalue weighted by molar-refractivity contribution is 5.93. The standard InChI is InChI=1S/C20H21N3O/c1-23-9-8-14-6-7-17(11-16(14)13-23)22-20(24)12-18-10-15-4-2-3-5-19(15)21-18/h2-7,10-11,21H,8-9,12-13H2,1H3,(H,22,24). The lowest BCUT2D eigenvalue weighted by Gasteiger charge is -2.25. The second-order valence-corrected chi connectivity index (χ2v) is 6.58. The van der Waals surface area contributed by atoms with Gasteiger partial charge < -0.3 is 15.2 Å². The van der Waals surface area contributed by atoms with Crippen molar-refractivity contribution in [1.82, 2.24) is 9.88 Å². The number of nitrogens with one attached hydrogen (secondary N) is 2. The molecule has 0 fully saturated rings. The molecule has 0 unspecified atom stereocenters. The molecule has 0 radical (unpaired) electrons. The molecule has 1 aromatic heterocycles. The zero-order chi connectivity index (χ0) is 16.5. The van der Waals surface area contributed by atoms with Gasteiger partial charge in [-0.15, -0.1) is 0 Å². The number of aromatic amines is 1. The van der Waals surface area contributed by atoms with Crippen LogP contribution >= 0.6 is 0 Å². The Morgan fingerprint density at radius 1 is 1.17 bits per heavy atom. The molecule has 0 spiro atoms. The van der Waals surface area contributed by atoms with Crippen LogP contribution in [0.2, 0.25) is 0 Å². The first-order valence-electron chi connectivity index (χ1n) is 8.34. The topological polar surface area (TPSA) is 48.1 Å². The highest BCUT2D eigenvalue weighted by Crippen LogP contribution is 2.22. The van der Waals surface area contributed by atoms with Gasteiger partial charge in [-0.3, -0.25) is 4.79 Å². The number of aromatic nitrogens is 1. The van der Waals surface area contributed by atoms with E-state index >= 15 is 0 Å². The van der Waals surface area contributed by atoms with Gasteiger partial charge in [-0.2, -0.15) is 0 Å². The number of carbonyl (C=O) groups is 1. The van der Waals surface area contributed by atoms with Crippen molar-refractivity contribution in [2.24, 2.45) is 0 Å². The van der Waals surface area contributed by atoms with Crippen molar-refractivity contribution < 1.29 is 4.79 Å². The fourth-order valence-corrected chi connectivity index (χ4v) is 3.38. The molecule has 1 aliphatic rings. The van der Waals surface area contributed by atoms with E-state index in [1.54, 1.807) is 0 Å². The zero-order valence-electron chi connectivity index (χ0n) is 13.8. The van der Waals surface area contributed by atoms with Crippen LogP contribution in [0.3, 0.4) is 0 Å². The molecule has 0 bridgehead atoms. The van der Waals surface area contributed by atoms with E-state index in [-0.39, 0.29) is 5.91 Å². The summed E-state index contributed by atoms with van der Waals surface area (Å²) in [7, 11) is 2.13. The number of fused-ring (bicyclic) bond motifs is 2. The molecule has 0 saturated carbocycles. The minimum absolute atomic E-state index is 0.00525. The van der Waals surface area contributed by atoms with E-state index in [1.807, 2.05) is 36.4 Å². The van der Waals surface area contributed by atoms with Crippen LogP contribution < -0.4 is 5.32 Å². The van der Waals surface area contributed by atoms with Gasteiger partial charge in [-0.05, 0) is 54.2 Å². The van der Waals surface area contributed by atoms with Crippen LogP contribution in [0, 0.1) is 0 Å². The molecule has 122 valence electrons. The quantitative estimate of drug-likeness (QED) is 0.778. The minimum Gasteiger partial charge on any atom is -0.358 e. The summed E-state index contributed by atoms with van der Waals surface area (Å²) in [5.41, 5.74) is 5.59. The van der Waals surface area contributed by atoms with E-state index in [9.17, 15) is 4.79 Å². The summed E-state index contributed by atoms with van der Waals surface area (Å²) in [6.07, 6.45) is 1.43. The van der Waals surface area contributed by atoms with E-state index in [2.05, 4.69) is 34.4 Å². The van der Waals surface area contributed by atoms with Crippen molar-refractivity contribution in [3.63, 3.8) is 0 Å². The first-order valence-corrected chi connectivity index (χ1v) is 8.34. The van der Waals surface area contributed by atoms with E-state index in [4.69, 9.17) is 0 Å². The SMILES string of the molecule is CN1CCc2ccc(NC(=O)Cc3cc4ccccc4[nH]3)cc2C1. The minimum atomic E-state index is 0.00525. The molecule has 0 aliphatic carbocycles. The number of para-hydroxylation sites is 1. The summed E-state index contributed by atoms with van der Waals surface area (Å²) in [6.45, 7) is 2.04. The summed E-state index contributed by atoms with van der Waals surface area (Å²) < 4.78 is 0. The lowest BCUT2D eigenvalue weighted by molar-refractivity contribution is -0.115.